The lowest BCUT2D eigenvalue weighted by atomic mass is 10.0. The Kier molecular flexibility index (Phi) is 4.94. The fraction of sp³-hybridized carbons (Fsp3) is 0.333. The van der Waals surface area contributed by atoms with Crippen molar-refractivity contribution < 1.29 is 14.6 Å². The molecule has 1 atom stereocenters. The third-order valence-corrected chi connectivity index (χ3v) is 4.35. The van der Waals surface area contributed by atoms with E-state index in [1.54, 1.807) is 7.11 Å². The van der Waals surface area contributed by atoms with Gasteiger partial charge in [0.1, 0.15) is 11.5 Å². The van der Waals surface area contributed by atoms with Gasteiger partial charge >= 0.3 is 0 Å². The molecule has 2 aromatic rings. The van der Waals surface area contributed by atoms with Crippen LogP contribution in [0, 0.1) is 0 Å². The Bertz CT molecular complexity index is 690. The lowest BCUT2D eigenvalue weighted by molar-refractivity contribution is 0.274. The molecular weight excluding hydrogens is 314 g/mol. The molecule has 0 amide bonds. The highest BCUT2D eigenvalue weighted by Gasteiger charge is 2.21. The SMILES string of the molecule is COc1ccc(NC2CCCOc3c(Cl)cccc32)cc1CO. The van der Waals surface area contributed by atoms with E-state index in [-0.39, 0.29) is 12.6 Å². The normalized spacial score (nSPS) is 16.9. The number of rotatable bonds is 4. The van der Waals surface area contributed by atoms with Gasteiger partial charge in [-0.1, -0.05) is 23.7 Å². The van der Waals surface area contributed by atoms with Crippen molar-refractivity contribution >= 4 is 17.3 Å². The van der Waals surface area contributed by atoms with E-state index in [4.69, 9.17) is 21.1 Å². The maximum atomic E-state index is 9.47. The van der Waals surface area contributed by atoms with Crippen molar-refractivity contribution in [2.24, 2.45) is 0 Å². The van der Waals surface area contributed by atoms with Crippen molar-refractivity contribution in [2.45, 2.75) is 25.5 Å². The number of fused-ring (bicyclic) bond motifs is 1. The zero-order valence-corrected chi connectivity index (χ0v) is 13.8. The summed E-state index contributed by atoms with van der Waals surface area (Å²) < 4.78 is 11.0. The van der Waals surface area contributed by atoms with Crippen molar-refractivity contribution in [3.05, 3.63) is 52.5 Å². The Balaban J connectivity index is 1.90. The molecule has 1 aliphatic rings. The maximum absolute atomic E-state index is 9.47. The zero-order chi connectivity index (χ0) is 16.2. The van der Waals surface area contributed by atoms with Gasteiger partial charge in [0.25, 0.3) is 0 Å². The van der Waals surface area contributed by atoms with Gasteiger partial charge in [-0.15, -0.1) is 0 Å². The van der Waals surface area contributed by atoms with Crippen LogP contribution in [0.25, 0.3) is 0 Å². The molecule has 0 aromatic heterocycles. The van der Waals surface area contributed by atoms with Crippen LogP contribution in [-0.2, 0) is 6.61 Å². The lowest BCUT2D eigenvalue weighted by Gasteiger charge is -2.21. The van der Waals surface area contributed by atoms with Crippen LogP contribution in [0.4, 0.5) is 5.69 Å². The van der Waals surface area contributed by atoms with Crippen LogP contribution >= 0.6 is 11.6 Å². The van der Waals surface area contributed by atoms with Gasteiger partial charge in [-0.2, -0.15) is 0 Å². The smallest absolute Gasteiger partial charge is 0.143 e. The Morgan fingerprint density at radius 2 is 2.22 bits per heavy atom. The molecule has 4 nitrogen and oxygen atoms in total. The second-order valence-electron chi connectivity index (χ2n) is 5.53. The standard InChI is InChI=1S/C18H20ClNO3/c1-22-17-8-7-13(10-12(17)11-21)20-16-6-3-9-23-18-14(16)4-2-5-15(18)19/h2,4-5,7-8,10,16,20-21H,3,6,9,11H2,1H3. The van der Waals surface area contributed by atoms with Crippen molar-refractivity contribution in [3.63, 3.8) is 0 Å². The first kappa shape index (κ1) is 16.0. The van der Waals surface area contributed by atoms with Gasteiger partial charge in [-0.3, -0.25) is 0 Å². The minimum Gasteiger partial charge on any atom is -0.496 e. The molecule has 23 heavy (non-hydrogen) atoms. The molecule has 2 aromatic carbocycles. The predicted molar refractivity (Wildman–Crippen MR) is 91.5 cm³/mol. The third-order valence-electron chi connectivity index (χ3n) is 4.05. The molecule has 1 unspecified atom stereocenters. The molecule has 0 spiro atoms. The van der Waals surface area contributed by atoms with Gasteiger partial charge in [0.05, 0.1) is 31.4 Å². The fourth-order valence-electron chi connectivity index (χ4n) is 2.91. The molecule has 0 saturated heterocycles. The minimum absolute atomic E-state index is 0.0606. The highest BCUT2D eigenvalue weighted by atomic mass is 35.5. The Hall–Kier alpha value is -1.91. The first-order valence-corrected chi connectivity index (χ1v) is 8.06. The van der Waals surface area contributed by atoms with E-state index >= 15 is 0 Å². The number of para-hydroxylation sites is 1. The molecule has 5 heteroatoms. The van der Waals surface area contributed by atoms with E-state index in [0.717, 1.165) is 35.4 Å². The molecule has 0 bridgehead atoms. The number of halogens is 1. The number of hydrogen-bond acceptors (Lipinski definition) is 4. The quantitative estimate of drug-likeness (QED) is 0.881. The average molecular weight is 334 g/mol. The van der Waals surface area contributed by atoms with Crippen molar-refractivity contribution in [1.29, 1.82) is 0 Å². The maximum Gasteiger partial charge on any atom is 0.143 e. The van der Waals surface area contributed by atoms with Crippen LogP contribution in [0.1, 0.15) is 30.0 Å². The molecule has 1 aliphatic heterocycles. The summed E-state index contributed by atoms with van der Waals surface area (Å²) in [5.74, 6) is 1.45. The van der Waals surface area contributed by atoms with Crippen molar-refractivity contribution in [3.8, 4) is 11.5 Å². The van der Waals surface area contributed by atoms with Crippen LogP contribution in [0.2, 0.25) is 5.02 Å². The highest BCUT2D eigenvalue weighted by molar-refractivity contribution is 6.32. The summed E-state index contributed by atoms with van der Waals surface area (Å²) in [7, 11) is 1.60. The average Bonchev–Trinajstić information content (AvgIpc) is 2.78. The van der Waals surface area contributed by atoms with E-state index < -0.39 is 0 Å². The van der Waals surface area contributed by atoms with Gasteiger partial charge < -0.3 is 19.9 Å². The number of benzene rings is 2. The summed E-state index contributed by atoms with van der Waals surface area (Å²) in [6, 6.07) is 11.7. The van der Waals surface area contributed by atoms with Crippen LogP contribution in [0.5, 0.6) is 11.5 Å². The number of aliphatic hydroxyl groups is 1. The summed E-state index contributed by atoms with van der Waals surface area (Å²) in [6.07, 6.45) is 1.90. The van der Waals surface area contributed by atoms with E-state index in [2.05, 4.69) is 5.32 Å². The zero-order valence-electron chi connectivity index (χ0n) is 13.0. The van der Waals surface area contributed by atoms with Crippen LogP contribution in [0.3, 0.4) is 0 Å². The predicted octanol–water partition coefficient (Wildman–Crippen LogP) is 4.17. The first-order chi connectivity index (χ1) is 11.2. The van der Waals surface area contributed by atoms with Gasteiger partial charge in [0.15, 0.2) is 0 Å². The van der Waals surface area contributed by atoms with Crippen molar-refractivity contribution in [2.75, 3.05) is 19.0 Å². The molecular formula is C18H20ClNO3. The number of nitrogens with one attached hydrogen (secondary N) is 1. The molecule has 2 N–H and O–H groups in total. The minimum atomic E-state index is -0.0606. The summed E-state index contributed by atoms with van der Waals surface area (Å²) in [6.45, 7) is 0.605. The van der Waals surface area contributed by atoms with Crippen LogP contribution in [0.15, 0.2) is 36.4 Å². The van der Waals surface area contributed by atoms with E-state index in [9.17, 15) is 5.11 Å². The molecule has 0 saturated carbocycles. The monoisotopic (exact) mass is 333 g/mol. The van der Waals surface area contributed by atoms with Crippen LogP contribution in [-0.4, -0.2) is 18.8 Å². The lowest BCUT2D eigenvalue weighted by Crippen LogP contribution is -2.10. The Labute approximate surface area is 141 Å². The second kappa shape index (κ2) is 7.11. The molecule has 3 rings (SSSR count). The van der Waals surface area contributed by atoms with E-state index in [1.165, 1.54) is 0 Å². The largest absolute Gasteiger partial charge is 0.496 e. The molecule has 0 aliphatic carbocycles. The summed E-state index contributed by atoms with van der Waals surface area (Å²) in [5, 5.41) is 13.6. The summed E-state index contributed by atoms with van der Waals surface area (Å²) in [4.78, 5) is 0. The number of hydrogen-bond donors (Lipinski definition) is 2. The third kappa shape index (κ3) is 3.38. The second-order valence-corrected chi connectivity index (χ2v) is 5.94. The number of anilines is 1. The molecule has 0 fully saturated rings. The summed E-state index contributed by atoms with van der Waals surface area (Å²) in [5.41, 5.74) is 2.76. The van der Waals surface area contributed by atoms with Crippen LogP contribution < -0.4 is 14.8 Å². The van der Waals surface area contributed by atoms with E-state index in [1.807, 2.05) is 36.4 Å². The number of methoxy groups -OCH3 is 1. The van der Waals surface area contributed by atoms with Crippen molar-refractivity contribution in [1.82, 2.24) is 0 Å². The Morgan fingerprint density at radius 1 is 1.35 bits per heavy atom. The van der Waals surface area contributed by atoms with Gasteiger partial charge in [-0.05, 0) is 37.1 Å². The first-order valence-electron chi connectivity index (χ1n) is 7.68. The fourth-order valence-corrected chi connectivity index (χ4v) is 3.15. The van der Waals surface area contributed by atoms with Gasteiger partial charge in [0.2, 0.25) is 0 Å². The molecule has 0 radical (unpaired) electrons. The topological polar surface area (TPSA) is 50.7 Å². The van der Waals surface area contributed by atoms with Gasteiger partial charge in [0, 0.05) is 16.8 Å². The van der Waals surface area contributed by atoms with Gasteiger partial charge in [-0.25, -0.2) is 0 Å². The Morgan fingerprint density at radius 3 is 3.00 bits per heavy atom. The summed E-state index contributed by atoms with van der Waals surface area (Å²) >= 11 is 6.27. The highest BCUT2D eigenvalue weighted by Crippen LogP contribution is 2.38. The number of aliphatic hydroxyl groups excluding tert-OH is 1. The molecule has 122 valence electrons. The molecule has 1 heterocycles. The number of ether oxygens (including phenoxy) is 2. The van der Waals surface area contributed by atoms with E-state index in [0.29, 0.717) is 17.4 Å².